The van der Waals surface area contributed by atoms with Gasteiger partial charge in [0.05, 0.1) is 12.8 Å². The number of rotatable bonds is 6. The molecule has 2 N–H and O–H groups in total. The molecule has 2 rings (SSSR count). The van der Waals surface area contributed by atoms with Gasteiger partial charge in [0, 0.05) is 13.1 Å². The van der Waals surface area contributed by atoms with Gasteiger partial charge in [-0.05, 0) is 18.4 Å². The third-order valence-electron chi connectivity index (χ3n) is 3.71. The molecule has 0 aromatic heterocycles. The summed E-state index contributed by atoms with van der Waals surface area (Å²) in [5.74, 6) is -1.29. The molecule has 1 aliphatic heterocycles. The predicted octanol–water partition coefficient (Wildman–Crippen LogP) is 0.811. The minimum atomic E-state index is -0.955. The summed E-state index contributed by atoms with van der Waals surface area (Å²) in [6, 6.07) is 8.93. The molecule has 1 aromatic rings. The van der Waals surface area contributed by atoms with Gasteiger partial charge in [-0.25, -0.2) is 0 Å². The minimum absolute atomic E-state index is 0.0675. The minimum Gasteiger partial charge on any atom is -0.481 e. The molecule has 1 saturated heterocycles. The van der Waals surface area contributed by atoms with Gasteiger partial charge < -0.3 is 15.3 Å². The number of likely N-dealkylation sites (tertiary alicyclic amines) is 1. The van der Waals surface area contributed by atoms with Crippen LogP contribution in [0, 0.1) is 0 Å². The summed E-state index contributed by atoms with van der Waals surface area (Å²) in [5.41, 5.74) is 0.921. The molecular weight excluding hydrogens is 284 g/mol. The Morgan fingerprint density at radius 3 is 2.64 bits per heavy atom. The lowest BCUT2D eigenvalue weighted by Crippen LogP contribution is -2.46. The van der Waals surface area contributed by atoms with Crippen LogP contribution < -0.4 is 5.32 Å². The average molecular weight is 304 g/mol. The highest BCUT2D eigenvalue weighted by molar-refractivity contribution is 5.89. The van der Waals surface area contributed by atoms with Crippen molar-refractivity contribution in [2.75, 3.05) is 13.1 Å². The molecule has 2 amide bonds. The van der Waals surface area contributed by atoms with E-state index in [1.165, 1.54) is 0 Å². The monoisotopic (exact) mass is 304 g/mol. The number of carbonyl (C=O) groups excluding carboxylic acids is 2. The molecule has 0 radical (unpaired) electrons. The second-order valence-electron chi connectivity index (χ2n) is 5.34. The molecule has 6 heteroatoms. The van der Waals surface area contributed by atoms with Crippen LogP contribution in [-0.4, -0.2) is 46.9 Å². The van der Waals surface area contributed by atoms with E-state index in [4.69, 9.17) is 5.11 Å². The Morgan fingerprint density at radius 1 is 1.23 bits per heavy atom. The normalized spacial score (nSPS) is 17.3. The lowest BCUT2D eigenvalue weighted by molar-refractivity contribution is -0.139. The van der Waals surface area contributed by atoms with E-state index in [1.54, 1.807) is 4.90 Å². The van der Waals surface area contributed by atoms with Crippen molar-refractivity contribution in [1.29, 1.82) is 0 Å². The number of benzene rings is 1. The highest BCUT2D eigenvalue weighted by atomic mass is 16.4. The molecule has 118 valence electrons. The first kappa shape index (κ1) is 16.0. The number of carbonyl (C=O) groups is 3. The van der Waals surface area contributed by atoms with Gasteiger partial charge in [0.1, 0.15) is 6.04 Å². The van der Waals surface area contributed by atoms with Crippen molar-refractivity contribution in [3.8, 4) is 0 Å². The van der Waals surface area contributed by atoms with Crippen LogP contribution in [0.25, 0.3) is 0 Å². The number of nitrogens with one attached hydrogen (secondary N) is 1. The summed E-state index contributed by atoms with van der Waals surface area (Å²) in [6.07, 6.45) is 1.58. The van der Waals surface area contributed by atoms with Gasteiger partial charge in [-0.1, -0.05) is 30.3 Å². The molecule has 1 aliphatic rings. The molecule has 0 spiro atoms. The van der Waals surface area contributed by atoms with Crippen LogP contribution in [0.3, 0.4) is 0 Å². The zero-order chi connectivity index (χ0) is 15.9. The van der Waals surface area contributed by atoms with E-state index in [0.717, 1.165) is 12.0 Å². The number of carboxylic acid groups (broad SMARTS) is 1. The van der Waals surface area contributed by atoms with E-state index in [9.17, 15) is 14.4 Å². The summed E-state index contributed by atoms with van der Waals surface area (Å²) in [4.78, 5) is 36.5. The van der Waals surface area contributed by atoms with E-state index in [2.05, 4.69) is 5.32 Å². The van der Waals surface area contributed by atoms with Gasteiger partial charge in [0.25, 0.3) is 0 Å². The molecule has 1 heterocycles. The number of aliphatic carboxylic acids is 1. The molecule has 6 nitrogen and oxygen atoms in total. The van der Waals surface area contributed by atoms with Crippen molar-refractivity contribution in [3.63, 3.8) is 0 Å². The second-order valence-corrected chi connectivity index (χ2v) is 5.34. The first-order chi connectivity index (χ1) is 10.6. The van der Waals surface area contributed by atoms with E-state index in [-0.39, 0.29) is 31.2 Å². The topological polar surface area (TPSA) is 86.7 Å². The van der Waals surface area contributed by atoms with Crippen molar-refractivity contribution >= 4 is 17.8 Å². The SMILES string of the molecule is O=C(O)CCNC(=O)C1CCCN1C(=O)Cc1ccccc1. The second kappa shape index (κ2) is 7.59. The lowest BCUT2D eigenvalue weighted by atomic mass is 10.1. The Kier molecular flexibility index (Phi) is 5.52. The summed E-state index contributed by atoms with van der Waals surface area (Å²) < 4.78 is 0. The Hall–Kier alpha value is -2.37. The molecule has 1 fully saturated rings. The lowest BCUT2D eigenvalue weighted by Gasteiger charge is -2.24. The van der Waals surface area contributed by atoms with E-state index >= 15 is 0 Å². The molecule has 1 unspecified atom stereocenters. The molecule has 1 atom stereocenters. The summed E-state index contributed by atoms with van der Waals surface area (Å²) in [6.45, 7) is 0.661. The Labute approximate surface area is 129 Å². The first-order valence-electron chi connectivity index (χ1n) is 7.41. The Bertz CT molecular complexity index is 544. The maximum absolute atomic E-state index is 12.4. The van der Waals surface area contributed by atoms with E-state index in [0.29, 0.717) is 13.0 Å². The summed E-state index contributed by atoms with van der Waals surface area (Å²) in [7, 11) is 0. The average Bonchev–Trinajstić information content (AvgIpc) is 2.97. The van der Waals surface area contributed by atoms with Crippen LogP contribution in [0.4, 0.5) is 0 Å². The summed E-state index contributed by atoms with van der Waals surface area (Å²) in [5, 5.41) is 11.2. The third kappa shape index (κ3) is 4.31. The Balaban J connectivity index is 1.90. The fourth-order valence-electron chi connectivity index (χ4n) is 2.62. The smallest absolute Gasteiger partial charge is 0.305 e. The number of amides is 2. The fraction of sp³-hybridized carbons (Fsp3) is 0.438. The maximum atomic E-state index is 12.4. The largest absolute Gasteiger partial charge is 0.481 e. The van der Waals surface area contributed by atoms with Crippen molar-refractivity contribution < 1.29 is 19.5 Å². The molecule has 0 saturated carbocycles. The molecule has 1 aromatic carbocycles. The quantitative estimate of drug-likeness (QED) is 0.814. The van der Waals surface area contributed by atoms with E-state index < -0.39 is 12.0 Å². The molecule has 0 bridgehead atoms. The summed E-state index contributed by atoms with van der Waals surface area (Å²) >= 11 is 0. The highest BCUT2D eigenvalue weighted by Gasteiger charge is 2.33. The van der Waals surface area contributed by atoms with Gasteiger partial charge in [0.2, 0.25) is 11.8 Å². The van der Waals surface area contributed by atoms with Gasteiger partial charge in [-0.2, -0.15) is 0 Å². The van der Waals surface area contributed by atoms with Gasteiger partial charge in [0.15, 0.2) is 0 Å². The van der Waals surface area contributed by atoms with Crippen LogP contribution in [0.2, 0.25) is 0 Å². The number of hydrogen-bond donors (Lipinski definition) is 2. The number of hydrogen-bond acceptors (Lipinski definition) is 3. The fourth-order valence-corrected chi connectivity index (χ4v) is 2.62. The molecule has 22 heavy (non-hydrogen) atoms. The molecule has 0 aliphatic carbocycles. The van der Waals surface area contributed by atoms with Crippen LogP contribution in [-0.2, 0) is 20.8 Å². The third-order valence-corrected chi connectivity index (χ3v) is 3.71. The number of carboxylic acids is 1. The maximum Gasteiger partial charge on any atom is 0.305 e. The standard InChI is InChI=1S/C16H20N2O4/c19-14(11-12-5-2-1-3-6-12)18-10-4-7-13(18)16(22)17-9-8-15(20)21/h1-3,5-6,13H,4,7-11H2,(H,17,22)(H,20,21). The van der Waals surface area contributed by atoms with Crippen molar-refractivity contribution in [2.24, 2.45) is 0 Å². The molecular formula is C16H20N2O4. The van der Waals surface area contributed by atoms with E-state index in [1.807, 2.05) is 30.3 Å². The Morgan fingerprint density at radius 2 is 1.95 bits per heavy atom. The van der Waals surface area contributed by atoms with Crippen LogP contribution in [0.15, 0.2) is 30.3 Å². The highest BCUT2D eigenvalue weighted by Crippen LogP contribution is 2.19. The van der Waals surface area contributed by atoms with Gasteiger partial charge in [-0.3, -0.25) is 14.4 Å². The van der Waals surface area contributed by atoms with Crippen LogP contribution in [0.5, 0.6) is 0 Å². The van der Waals surface area contributed by atoms with Gasteiger partial charge >= 0.3 is 5.97 Å². The van der Waals surface area contributed by atoms with Crippen LogP contribution >= 0.6 is 0 Å². The zero-order valence-corrected chi connectivity index (χ0v) is 12.3. The van der Waals surface area contributed by atoms with Crippen molar-refractivity contribution in [3.05, 3.63) is 35.9 Å². The first-order valence-corrected chi connectivity index (χ1v) is 7.41. The van der Waals surface area contributed by atoms with Crippen LogP contribution in [0.1, 0.15) is 24.8 Å². The predicted molar refractivity (Wildman–Crippen MR) is 80.1 cm³/mol. The van der Waals surface area contributed by atoms with Crippen molar-refractivity contribution in [2.45, 2.75) is 31.7 Å². The number of nitrogens with zero attached hydrogens (tertiary/aromatic N) is 1. The van der Waals surface area contributed by atoms with Crippen molar-refractivity contribution in [1.82, 2.24) is 10.2 Å². The van der Waals surface area contributed by atoms with Gasteiger partial charge in [-0.15, -0.1) is 0 Å². The zero-order valence-electron chi connectivity index (χ0n) is 12.3.